The van der Waals surface area contributed by atoms with Crippen molar-refractivity contribution < 1.29 is 14.3 Å². The van der Waals surface area contributed by atoms with Crippen molar-refractivity contribution in [3.63, 3.8) is 0 Å². The number of hydrogen-bond acceptors (Lipinski definition) is 4. The number of rotatable bonds is 6. The highest BCUT2D eigenvalue weighted by molar-refractivity contribution is 6.30. The summed E-state index contributed by atoms with van der Waals surface area (Å²) in [4.78, 5) is 38.5. The monoisotopic (exact) mass is 421 g/mol. The molecule has 0 saturated carbocycles. The van der Waals surface area contributed by atoms with Crippen LogP contribution in [0.1, 0.15) is 57.2 Å². The van der Waals surface area contributed by atoms with Gasteiger partial charge in [0.15, 0.2) is 5.60 Å². The van der Waals surface area contributed by atoms with Crippen LogP contribution < -0.4 is 5.56 Å². The molecule has 0 fully saturated rings. The maximum atomic E-state index is 12.9. The Kier molecular flexibility index (Phi) is 6.39. The van der Waals surface area contributed by atoms with E-state index in [-0.39, 0.29) is 18.0 Å². The number of unbranched alkanes of at least 4 members (excludes halogenated alkanes) is 1. The Labute approximate surface area is 174 Å². The van der Waals surface area contributed by atoms with Gasteiger partial charge in [-0.1, -0.05) is 31.4 Å². The fourth-order valence-electron chi connectivity index (χ4n) is 3.61. The molecule has 29 heavy (non-hydrogen) atoms. The van der Waals surface area contributed by atoms with E-state index in [1.165, 1.54) is 18.7 Å². The number of aromatic amines is 1. The van der Waals surface area contributed by atoms with Gasteiger partial charge in [0.05, 0.1) is 17.8 Å². The molecule has 1 N–H and O–H groups in total. The molecule has 1 amide bonds. The second-order valence-electron chi connectivity index (χ2n) is 7.90. The molecule has 156 valence electrons. The minimum absolute atomic E-state index is 0.0762. The molecule has 0 saturated heterocycles. The van der Waals surface area contributed by atoms with Gasteiger partial charge >= 0.3 is 0 Å². The lowest BCUT2D eigenvalue weighted by Gasteiger charge is -2.36. The van der Waals surface area contributed by atoms with Gasteiger partial charge < -0.3 is 9.88 Å². The van der Waals surface area contributed by atoms with Gasteiger partial charge in [-0.3, -0.25) is 9.59 Å². The van der Waals surface area contributed by atoms with E-state index in [0.29, 0.717) is 28.6 Å². The zero-order chi connectivity index (χ0) is 21.2. The minimum Gasteiger partial charge on any atom is -0.335 e. The van der Waals surface area contributed by atoms with Crippen LogP contribution in [0.3, 0.4) is 0 Å². The Morgan fingerprint density at radius 3 is 2.69 bits per heavy atom. The van der Waals surface area contributed by atoms with Crippen molar-refractivity contribution in [3.05, 3.63) is 50.9 Å². The van der Waals surface area contributed by atoms with E-state index < -0.39 is 11.5 Å². The largest absolute Gasteiger partial charge is 0.335 e. The van der Waals surface area contributed by atoms with Crippen molar-refractivity contribution in [3.8, 4) is 11.4 Å². The number of nitrogens with zero attached hydrogens (tertiary/aromatic N) is 2. The third-order valence-electron chi connectivity index (χ3n) is 5.24. The van der Waals surface area contributed by atoms with Crippen LogP contribution in [0.2, 0.25) is 5.02 Å². The predicted molar refractivity (Wildman–Crippen MR) is 109 cm³/mol. The lowest BCUT2D eigenvalue weighted by Crippen LogP contribution is -2.50. The Morgan fingerprint density at radius 1 is 1.38 bits per heavy atom. The summed E-state index contributed by atoms with van der Waals surface area (Å²) in [6, 6.07) is 7.08. The fourth-order valence-corrected chi connectivity index (χ4v) is 3.73. The number of fused-ring (bicyclic) bond motifs is 1. The summed E-state index contributed by atoms with van der Waals surface area (Å²) >= 11 is 5.95. The van der Waals surface area contributed by atoms with E-state index in [9.17, 15) is 14.1 Å². The summed E-state index contributed by atoms with van der Waals surface area (Å²) in [5, 5.41) is 0.599. The standard InChI is InChI=1S/C21H25ClFN3O3/c1-4-5-6-14-11-26(20(28)21(2,3)29-23)12-16-17(14)24-18(25-19(16)27)13-7-9-15(22)10-8-13/h7-10,14H,4-6,11-12H2,1-3H3,(H,24,25,27). The van der Waals surface area contributed by atoms with Crippen LogP contribution in [0.5, 0.6) is 0 Å². The number of carbonyl (C=O) groups excluding carboxylic acids is 1. The molecule has 1 atom stereocenters. The molecular weight excluding hydrogens is 397 g/mol. The van der Waals surface area contributed by atoms with Gasteiger partial charge in [0.2, 0.25) is 0 Å². The topological polar surface area (TPSA) is 75.3 Å². The molecule has 1 aromatic carbocycles. The summed E-state index contributed by atoms with van der Waals surface area (Å²) < 4.78 is 12.9. The van der Waals surface area contributed by atoms with Gasteiger partial charge in [-0.25, -0.2) is 4.98 Å². The minimum atomic E-state index is -1.60. The first-order valence-electron chi connectivity index (χ1n) is 9.75. The molecule has 0 aliphatic carbocycles. The Hall–Kier alpha value is -2.25. The summed E-state index contributed by atoms with van der Waals surface area (Å²) in [5.74, 6) is -0.126. The van der Waals surface area contributed by atoms with Gasteiger partial charge in [0.1, 0.15) is 5.82 Å². The summed E-state index contributed by atoms with van der Waals surface area (Å²) in [6.07, 6.45) is 2.69. The van der Waals surface area contributed by atoms with Crippen molar-refractivity contribution in [2.45, 2.75) is 58.1 Å². The van der Waals surface area contributed by atoms with Crippen molar-refractivity contribution in [1.82, 2.24) is 14.9 Å². The van der Waals surface area contributed by atoms with E-state index >= 15 is 0 Å². The molecule has 1 aliphatic rings. The number of H-pyrrole nitrogens is 1. The molecule has 3 rings (SSSR count). The normalized spacial score (nSPS) is 16.6. The first-order valence-corrected chi connectivity index (χ1v) is 10.1. The lowest BCUT2D eigenvalue weighted by molar-refractivity contribution is -0.227. The Bertz CT molecular complexity index is 943. The van der Waals surface area contributed by atoms with E-state index in [2.05, 4.69) is 16.8 Å². The highest BCUT2D eigenvalue weighted by Crippen LogP contribution is 2.32. The van der Waals surface area contributed by atoms with Crippen LogP contribution in [0.25, 0.3) is 11.4 Å². The van der Waals surface area contributed by atoms with Crippen molar-refractivity contribution in [2.24, 2.45) is 0 Å². The third kappa shape index (κ3) is 4.51. The maximum Gasteiger partial charge on any atom is 0.258 e. The number of amides is 1. The first-order chi connectivity index (χ1) is 13.8. The summed E-state index contributed by atoms with van der Waals surface area (Å²) in [7, 11) is 0. The van der Waals surface area contributed by atoms with Crippen LogP contribution in [-0.2, 0) is 16.3 Å². The summed E-state index contributed by atoms with van der Waals surface area (Å²) in [5.41, 5.74) is 0.0103. The number of nitrogens with one attached hydrogen (secondary N) is 1. The lowest BCUT2D eigenvalue weighted by atomic mass is 9.89. The highest BCUT2D eigenvalue weighted by atomic mass is 35.5. The zero-order valence-corrected chi connectivity index (χ0v) is 17.6. The highest BCUT2D eigenvalue weighted by Gasteiger charge is 2.39. The van der Waals surface area contributed by atoms with Crippen LogP contribution in [-0.4, -0.2) is 32.9 Å². The van der Waals surface area contributed by atoms with Crippen molar-refractivity contribution >= 4 is 17.5 Å². The molecule has 2 aromatic rings. The van der Waals surface area contributed by atoms with Gasteiger partial charge in [-0.15, -0.1) is 0 Å². The molecule has 0 bridgehead atoms. The number of carbonyl (C=O) groups is 1. The van der Waals surface area contributed by atoms with Crippen LogP contribution in [0.4, 0.5) is 4.53 Å². The fraction of sp³-hybridized carbons (Fsp3) is 0.476. The quantitative estimate of drug-likeness (QED) is 0.750. The van der Waals surface area contributed by atoms with Gasteiger partial charge in [0, 0.05) is 23.0 Å². The number of hydrogen-bond donors (Lipinski definition) is 1. The number of halogens is 2. The number of benzene rings is 1. The zero-order valence-electron chi connectivity index (χ0n) is 16.8. The second-order valence-corrected chi connectivity index (χ2v) is 8.33. The van der Waals surface area contributed by atoms with Crippen LogP contribution in [0.15, 0.2) is 29.1 Å². The molecule has 0 spiro atoms. The van der Waals surface area contributed by atoms with Crippen molar-refractivity contribution in [1.29, 1.82) is 0 Å². The van der Waals surface area contributed by atoms with E-state index in [4.69, 9.17) is 16.6 Å². The van der Waals surface area contributed by atoms with E-state index in [1.807, 2.05) is 0 Å². The van der Waals surface area contributed by atoms with Crippen LogP contribution in [0, 0.1) is 0 Å². The van der Waals surface area contributed by atoms with Gasteiger partial charge in [-0.2, -0.15) is 4.94 Å². The molecule has 6 nitrogen and oxygen atoms in total. The summed E-state index contributed by atoms with van der Waals surface area (Å²) in [6.45, 7) is 5.27. The average Bonchev–Trinajstić information content (AvgIpc) is 2.72. The SMILES string of the molecule is CCCCC1CN(C(=O)C(C)(C)OF)Cc2c1nc(-c1ccc(Cl)cc1)[nH]c2=O. The molecule has 2 heterocycles. The predicted octanol–water partition coefficient (Wildman–Crippen LogP) is 4.39. The Morgan fingerprint density at radius 2 is 2.07 bits per heavy atom. The van der Waals surface area contributed by atoms with Crippen molar-refractivity contribution in [2.75, 3.05) is 6.54 Å². The Balaban J connectivity index is 2.02. The van der Waals surface area contributed by atoms with E-state index in [0.717, 1.165) is 24.8 Å². The van der Waals surface area contributed by atoms with E-state index in [1.54, 1.807) is 24.3 Å². The molecule has 8 heteroatoms. The van der Waals surface area contributed by atoms with Crippen LogP contribution >= 0.6 is 11.6 Å². The van der Waals surface area contributed by atoms with Gasteiger partial charge in [-0.05, 0) is 49.1 Å². The average molecular weight is 422 g/mol. The smallest absolute Gasteiger partial charge is 0.258 e. The number of aromatic nitrogens is 2. The molecule has 1 aromatic heterocycles. The molecule has 0 radical (unpaired) electrons. The molecule has 1 aliphatic heterocycles. The van der Waals surface area contributed by atoms with Gasteiger partial charge in [0.25, 0.3) is 11.5 Å². The maximum absolute atomic E-state index is 12.9. The second kappa shape index (κ2) is 8.63. The molecular formula is C21H25ClFN3O3. The third-order valence-corrected chi connectivity index (χ3v) is 5.49. The first kappa shape index (κ1) is 21.5. The molecule has 1 unspecified atom stereocenters.